The van der Waals surface area contributed by atoms with Crippen LogP contribution < -0.4 is 14.9 Å². The second-order valence-corrected chi connectivity index (χ2v) is 9.51. The molecule has 0 radical (unpaired) electrons. The molecule has 0 aliphatic carbocycles. The maximum atomic E-state index is 11.5. The lowest BCUT2D eigenvalue weighted by Gasteiger charge is -2.28. The smallest absolute Gasteiger partial charge is 0.229 e. The third-order valence-corrected chi connectivity index (χ3v) is 6.18. The van der Waals surface area contributed by atoms with Crippen LogP contribution in [0.15, 0.2) is 60.8 Å². The third kappa shape index (κ3) is 3.90. The first kappa shape index (κ1) is 20.4. The minimum atomic E-state index is -3.33. The number of hydrogen-bond donors (Lipinski definition) is 2. The summed E-state index contributed by atoms with van der Waals surface area (Å²) in [5.41, 5.74) is 4.53. The van der Waals surface area contributed by atoms with E-state index in [0.29, 0.717) is 10.8 Å². The average Bonchev–Trinajstić information content (AvgIpc) is 3.21. The van der Waals surface area contributed by atoms with Gasteiger partial charge < -0.3 is 14.8 Å². The van der Waals surface area contributed by atoms with E-state index in [9.17, 15) is 8.42 Å². The molecule has 4 rings (SSSR count). The van der Waals surface area contributed by atoms with E-state index in [4.69, 9.17) is 12.2 Å². The first-order chi connectivity index (χ1) is 14.2. The first-order valence-electron chi connectivity index (χ1n) is 9.45. The lowest BCUT2D eigenvalue weighted by molar-refractivity contribution is 0.539. The molecule has 1 fully saturated rings. The van der Waals surface area contributed by atoms with Crippen molar-refractivity contribution in [3.8, 4) is 0 Å². The van der Waals surface area contributed by atoms with Crippen LogP contribution in [0.1, 0.15) is 29.2 Å². The van der Waals surface area contributed by atoms with Crippen LogP contribution in [-0.2, 0) is 17.1 Å². The number of pyridine rings is 1. The summed E-state index contributed by atoms with van der Waals surface area (Å²) in [6, 6.07) is 17.0. The highest BCUT2D eigenvalue weighted by atomic mass is 32.2. The third-order valence-electron chi connectivity index (χ3n) is 5.26. The number of thiocarbonyl (C=S) groups is 1. The molecular weight excluding hydrogens is 418 g/mol. The summed E-state index contributed by atoms with van der Waals surface area (Å²) in [7, 11) is -1.29. The molecule has 0 bridgehead atoms. The van der Waals surface area contributed by atoms with E-state index in [1.54, 1.807) is 18.3 Å². The van der Waals surface area contributed by atoms with Gasteiger partial charge >= 0.3 is 0 Å². The number of aryl methyl sites for hydroxylation is 1. The van der Waals surface area contributed by atoms with E-state index in [2.05, 4.69) is 43.5 Å². The number of rotatable bonds is 5. The quantitative estimate of drug-likeness (QED) is 0.592. The molecular formula is C21H23N5O2S2. The van der Waals surface area contributed by atoms with Crippen LogP contribution in [0.5, 0.6) is 0 Å². The highest BCUT2D eigenvalue weighted by Crippen LogP contribution is 2.41. The summed E-state index contributed by atoms with van der Waals surface area (Å²) < 4.78 is 27.7. The van der Waals surface area contributed by atoms with Crippen molar-refractivity contribution in [3.05, 3.63) is 77.9 Å². The van der Waals surface area contributed by atoms with Crippen LogP contribution in [0, 0.1) is 6.92 Å². The topological polar surface area (TPSA) is 79.3 Å². The zero-order valence-electron chi connectivity index (χ0n) is 16.9. The van der Waals surface area contributed by atoms with Crippen molar-refractivity contribution in [2.75, 3.05) is 15.9 Å². The van der Waals surface area contributed by atoms with Gasteiger partial charge in [-0.3, -0.25) is 9.71 Å². The van der Waals surface area contributed by atoms with Gasteiger partial charge in [-0.2, -0.15) is 0 Å². The van der Waals surface area contributed by atoms with Crippen LogP contribution in [0.2, 0.25) is 0 Å². The minimum absolute atomic E-state index is 0.111. The monoisotopic (exact) mass is 441 g/mol. The molecule has 1 aromatic carbocycles. The summed E-state index contributed by atoms with van der Waals surface area (Å²) in [5.74, 6) is 0. The van der Waals surface area contributed by atoms with Gasteiger partial charge in [0.15, 0.2) is 5.11 Å². The summed E-state index contributed by atoms with van der Waals surface area (Å²) in [4.78, 5) is 6.62. The molecule has 1 aliphatic rings. The Bertz CT molecular complexity index is 1170. The Balaban J connectivity index is 1.77. The second-order valence-electron chi connectivity index (χ2n) is 7.38. The van der Waals surface area contributed by atoms with E-state index in [1.807, 2.05) is 37.4 Å². The molecule has 2 atom stereocenters. The molecule has 1 aliphatic heterocycles. The van der Waals surface area contributed by atoms with Gasteiger partial charge in [-0.1, -0.05) is 6.07 Å². The molecule has 3 aromatic rings. The summed E-state index contributed by atoms with van der Waals surface area (Å²) in [5, 5.41) is 4.02. The summed E-state index contributed by atoms with van der Waals surface area (Å²) in [6.45, 7) is 2.07. The number of aromatic nitrogens is 2. The van der Waals surface area contributed by atoms with Crippen LogP contribution in [0.3, 0.4) is 0 Å². The lowest BCUT2D eigenvalue weighted by atomic mass is 10.0. The van der Waals surface area contributed by atoms with Gasteiger partial charge in [0.25, 0.3) is 0 Å². The molecule has 0 unspecified atom stereocenters. The van der Waals surface area contributed by atoms with Crippen molar-refractivity contribution in [1.29, 1.82) is 0 Å². The van der Waals surface area contributed by atoms with E-state index in [-0.39, 0.29) is 12.1 Å². The fraction of sp³-hybridized carbons (Fsp3) is 0.238. The normalized spacial score (nSPS) is 19.0. The Kier molecular flexibility index (Phi) is 5.25. The molecule has 1 saturated heterocycles. The SMILES string of the molecule is Cc1ccc([C@@H]2[C@@H](c3ccccn3)NC(=S)N2c2ccc(NS(C)(=O)=O)cc2)n1C. The molecule has 2 N–H and O–H groups in total. The predicted octanol–water partition coefficient (Wildman–Crippen LogP) is 3.28. The Morgan fingerprint density at radius 3 is 2.40 bits per heavy atom. The largest absolute Gasteiger partial charge is 0.351 e. The molecule has 2 aromatic heterocycles. The number of sulfonamides is 1. The van der Waals surface area contributed by atoms with Crippen molar-refractivity contribution in [1.82, 2.24) is 14.9 Å². The maximum Gasteiger partial charge on any atom is 0.229 e. The van der Waals surface area contributed by atoms with Gasteiger partial charge in [0.1, 0.15) is 6.04 Å². The van der Waals surface area contributed by atoms with E-state index in [1.165, 1.54) is 0 Å². The van der Waals surface area contributed by atoms with Gasteiger partial charge in [0.2, 0.25) is 10.0 Å². The minimum Gasteiger partial charge on any atom is -0.351 e. The molecule has 0 amide bonds. The van der Waals surface area contributed by atoms with E-state index in [0.717, 1.165) is 29.0 Å². The fourth-order valence-electron chi connectivity index (χ4n) is 3.77. The maximum absolute atomic E-state index is 11.5. The summed E-state index contributed by atoms with van der Waals surface area (Å²) >= 11 is 5.71. The number of hydrogen-bond acceptors (Lipinski definition) is 4. The standard InChI is InChI=1S/C21H23N5O2S2/c1-14-7-12-18(25(14)2)20-19(17-6-4-5-13-22-17)23-21(29)26(20)16-10-8-15(9-11-16)24-30(3,27)28/h4-13,19-20,24H,1-3H3,(H,23,29)/t19-,20-/m1/s1. The Morgan fingerprint density at radius 1 is 1.10 bits per heavy atom. The van der Waals surface area contributed by atoms with E-state index >= 15 is 0 Å². The van der Waals surface area contributed by atoms with E-state index < -0.39 is 10.0 Å². The Morgan fingerprint density at radius 2 is 1.83 bits per heavy atom. The van der Waals surface area contributed by atoms with Gasteiger partial charge in [-0.25, -0.2) is 8.42 Å². The van der Waals surface area contributed by atoms with Crippen molar-refractivity contribution in [2.45, 2.75) is 19.0 Å². The van der Waals surface area contributed by atoms with Crippen LogP contribution >= 0.6 is 12.2 Å². The van der Waals surface area contributed by atoms with Crippen molar-refractivity contribution < 1.29 is 8.42 Å². The van der Waals surface area contributed by atoms with Crippen molar-refractivity contribution in [3.63, 3.8) is 0 Å². The van der Waals surface area contributed by atoms with Gasteiger partial charge in [-0.15, -0.1) is 0 Å². The molecule has 156 valence electrons. The van der Waals surface area contributed by atoms with Gasteiger partial charge in [0, 0.05) is 36.0 Å². The molecule has 30 heavy (non-hydrogen) atoms. The molecule has 3 heterocycles. The zero-order chi connectivity index (χ0) is 21.5. The highest BCUT2D eigenvalue weighted by Gasteiger charge is 2.41. The van der Waals surface area contributed by atoms with Crippen LogP contribution in [0.4, 0.5) is 11.4 Å². The Hall–Kier alpha value is -2.91. The molecule has 7 nitrogen and oxygen atoms in total. The number of nitrogens with zero attached hydrogens (tertiary/aromatic N) is 3. The highest BCUT2D eigenvalue weighted by molar-refractivity contribution is 7.92. The Labute approximate surface area is 181 Å². The van der Waals surface area contributed by atoms with Gasteiger partial charge in [0.05, 0.1) is 18.0 Å². The number of anilines is 2. The molecule has 0 saturated carbocycles. The van der Waals surface area contributed by atoms with Crippen molar-refractivity contribution in [2.24, 2.45) is 7.05 Å². The van der Waals surface area contributed by atoms with Crippen LogP contribution in [-0.4, -0.2) is 29.3 Å². The molecule has 0 spiro atoms. The number of nitrogens with one attached hydrogen (secondary N) is 2. The van der Waals surface area contributed by atoms with Gasteiger partial charge in [-0.05, 0) is 67.7 Å². The predicted molar refractivity (Wildman–Crippen MR) is 123 cm³/mol. The van der Waals surface area contributed by atoms with Crippen LogP contribution in [0.25, 0.3) is 0 Å². The fourth-order valence-corrected chi connectivity index (χ4v) is 4.68. The first-order valence-corrected chi connectivity index (χ1v) is 11.8. The molecule has 9 heteroatoms. The average molecular weight is 442 g/mol. The summed E-state index contributed by atoms with van der Waals surface area (Å²) in [6.07, 6.45) is 2.91. The zero-order valence-corrected chi connectivity index (χ0v) is 18.5. The second kappa shape index (κ2) is 7.73. The lowest BCUT2D eigenvalue weighted by Crippen LogP contribution is -2.30. The van der Waals surface area contributed by atoms with Crippen molar-refractivity contribution >= 4 is 38.7 Å². The number of benzene rings is 1.